The van der Waals surface area contributed by atoms with Crippen LogP contribution in [0.4, 0.5) is 0 Å². The Morgan fingerprint density at radius 3 is 2.79 bits per heavy atom. The van der Waals surface area contributed by atoms with Crippen LogP contribution in [-0.4, -0.2) is 39.1 Å². The fourth-order valence-corrected chi connectivity index (χ4v) is 2.38. The van der Waals surface area contributed by atoms with Gasteiger partial charge in [0.15, 0.2) is 0 Å². The fourth-order valence-electron chi connectivity index (χ4n) is 1.55. The minimum Gasteiger partial charge on any atom is -0.468 e. The van der Waals surface area contributed by atoms with E-state index < -0.39 is 0 Å². The number of hydrogen-bond acceptors (Lipinski definition) is 5. The second kappa shape index (κ2) is 8.96. The maximum Gasteiger partial charge on any atom is 0.315 e. The lowest BCUT2D eigenvalue weighted by Gasteiger charge is -2.09. The molecular formula is C14H21NO3S. The van der Waals surface area contributed by atoms with Gasteiger partial charge in [-0.2, -0.15) is 0 Å². The van der Waals surface area contributed by atoms with Gasteiger partial charge in [-0.1, -0.05) is 6.07 Å². The summed E-state index contributed by atoms with van der Waals surface area (Å²) in [5.74, 6) is 0.148. The number of hydrogen-bond donors (Lipinski definition) is 1. The lowest BCUT2D eigenvalue weighted by atomic mass is 10.1. The molecule has 1 N–H and O–H groups in total. The van der Waals surface area contributed by atoms with Crippen molar-refractivity contribution in [3.63, 3.8) is 0 Å². The molecule has 0 radical (unpaired) electrons. The summed E-state index contributed by atoms with van der Waals surface area (Å²) >= 11 is 1.49. The number of carbonyl (C=O) groups excluding carboxylic acids is 1. The highest BCUT2D eigenvalue weighted by molar-refractivity contribution is 8.00. The summed E-state index contributed by atoms with van der Waals surface area (Å²) in [6, 6.07) is 6.23. The highest BCUT2D eigenvalue weighted by Gasteiger charge is 2.04. The predicted molar refractivity (Wildman–Crippen MR) is 77.5 cm³/mol. The summed E-state index contributed by atoms with van der Waals surface area (Å²) in [4.78, 5) is 12.2. The standard InChI is InChI=1S/C14H21NO3S/c1-11-8-13(19-10-14(16)18-3)5-4-12(11)9-15-6-7-17-2/h4-5,8,15H,6-7,9-10H2,1-3H3. The van der Waals surface area contributed by atoms with Crippen molar-refractivity contribution in [1.29, 1.82) is 0 Å². The van der Waals surface area contributed by atoms with Gasteiger partial charge in [0.1, 0.15) is 0 Å². The van der Waals surface area contributed by atoms with Gasteiger partial charge in [-0.25, -0.2) is 0 Å². The number of rotatable bonds is 8. The van der Waals surface area contributed by atoms with Crippen LogP contribution in [-0.2, 0) is 20.8 Å². The van der Waals surface area contributed by atoms with Crippen LogP contribution in [0.3, 0.4) is 0 Å². The molecule has 0 aromatic heterocycles. The Morgan fingerprint density at radius 2 is 2.16 bits per heavy atom. The van der Waals surface area contributed by atoms with E-state index in [2.05, 4.69) is 29.1 Å². The van der Waals surface area contributed by atoms with Crippen LogP contribution in [0.5, 0.6) is 0 Å². The lowest BCUT2D eigenvalue weighted by Crippen LogP contribution is -2.19. The van der Waals surface area contributed by atoms with E-state index in [4.69, 9.17) is 4.74 Å². The van der Waals surface area contributed by atoms with Gasteiger partial charge in [-0.3, -0.25) is 4.79 Å². The largest absolute Gasteiger partial charge is 0.468 e. The first-order valence-electron chi connectivity index (χ1n) is 6.16. The number of thioether (sulfide) groups is 1. The summed E-state index contributed by atoms with van der Waals surface area (Å²) in [5, 5.41) is 3.32. The summed E-state index contributed by atoms with van der Waals surface area (Å²) in [6.45, 7) is 4.47. The van der Waals surface area contributed by atoms with E-state index in [1.807, 2.05) is 6.07 Å². The highest BCUT2D eigenvalue weighted by Crippen LogP contribution is 2.21. The first kappa shape index (κ1) is 16.0. The van der Waals surface area contributed by atoms with E-state index in [0.717, 1.165) is 18.0 Å². The lowest BCUT2D eigenvalue weighted by molar-refractivity contribution is -0.137. The average molecular weight is 283 g/mol. The number of ether oxygens (including phenoxy) is 2. The molecule has 0 spiro atoms. The van der Waals surface area contributed by atoms with Crippen LogP contribution in [0.15, 0.2) is 23.1 Å². The normalized spacial score (nSPS) is 10.5. The Balaban J connectivity index is 2.47. The molecule has 0 saturated heterocycles. The number of aryl methyl sites for hydroxylation is 1. The van der Waals surface area contributed by atoms with Gasteiger partial charge in [-0.05, 0) is 30.2 Å². The Morgan fingerprint density at radius 1 is 1.37 bits per heavy atom. The van der Waals surface area contributed by atoms with Crippen LogP contribution < -0.4 is 5.32 Å². The molecule has 0 unspecified atom stereocenters. The summed E-state index contributed by atoms with van der Waals surface area (Å²) < 4.78 is 9.60. The SMILES string of the molecule is COCCNCc1ccc(SCC(=O)OC)cc1C. The Hall–Kier alpha value is -1.04. The van der Waals surface area contributed by atoms with E-state index in [0.29, 0.717) is 12.4 Å². The van der Waals surface area contributed by atoms with Crippen molar-refractivity contribution in [3.8, 4) is 0 Å². The fraction of sp³-hybridized carbons (Fsp3) is 0.500. The third-order valence-corrected chi connectivity index (χ3v) is 3.66. The zero-order valence-corrected chi connectivity index (χ0v) is 12.5. The minimum atomic E-state index is -0.201. The van der Waals surface area contributed by atoms with Crippen molar-refractivity contribution >= 4 is 17.7 Å². The molecule has 0 heterocycles. The first-order valence-corrected chi connectivity index (χ1v) is 7.14. The summed E-state index contributed by atoms with van der Waals surface area (Å²) in [7, 11) is 3.10. The highest BCUT2D eigenvalue weighted by atomic mass is 32.2. The molecule has 0 atom stereocenters. The van der Waals surface area contributed by atoms with E-state index >= 15 is 0 Å². The zero-order chi connectivity index (χ0) is 14.1. The monoisotopic (exact) mass is 283 g/mol. The van der Waals surface area contributed by atoms with Crippen molar-refractivity contribution in [2.24, 2.45) is 0 Å². The second-order valence-corrected chi connectivity index (χ2v) is 5.17. The molecule has 4 nitrogen and oxygen atoms in total. The van der Waals surface area contributed by atoms with Crippen LogP contribution >= 0.6 is 11.8 Å². The molecule has 0 fully saturated rings. The molecule has 19 heavy (non-hydrogen) atoms. The molecule has 0 aliphatic carbocycles. The van der Waals surface area contributed by atoms with Crippen molar-refractivity contribution in [1.82, 2.24) is 5.32 Å². The summed E-state index contributed by atoms with van der Waals surface area (Å²) in [5.41, 5.74) is 2.48. The molecule has 0 aliphatic heterocycles. The Labute approximate surface area is 118 Å². The van der Waals surface area contributed by atoms with Crippen LogP contribution in [0, 0.1) is 6.92 Å². The molecule has 1 aromatic carbocycles. The number of esters is 1. The molecule has 1 rings (SSSR count). The van der Waals surface area contributed by atoms with E-state index in [-0.39, 0.29) is 5.97 Å². The van der Waals surface area contributed by atoms with Gasteiger partial charge in [0.05, 0.1) is 19.5 Å². The average Bonchev–Trinajstić information content (AvgIpc) is 2.42. The molecule has 0 amide bonds. The minimum absolute atomic E-state index is 0.201. The van der Waals surface area contributed by atoms with Crippen molar-refractivity contribution < 1.29 is 14.3 Å². The molecule has 0 bridgehead atoms. The molecule has 1 aromatic rings. The molecule has 106 valence electrons. The third-order valence-electron chi connectivity index (χ3n) is 2.70. The molecular weight excluding hydrogens is 262 g/mol. The van der Waals surface area contributed by atoms with Gasteiger partial charge < -0.3 is 14.8 Å². The molecule has 0 aliphatic rings. The van der Waals surface area contributed by atoms with Crippen LogP contribution in [0.25, 0.3) is 0 Å². The van der Waals surface area contributed by atoms with Gasteiger partial charge >= 0.3 is 5.97 Å². The second-order valence-electron chi connectivity index (χ2n) is 4.12. The van der Waals surface area contributed by atoms with E-state index in [1.165, 1.54) is 30.0 Å². The summed E-state index contributed by atoms with van der Waals surface area (Å²) in [6.07, 6.45) is 0. The number of methoxy groups -OCH3 is 2. The van der Waals surface area contributed by atoms with Crippen molar-refractivity contribution in [2.45, 2.75) is 18.4 Å². The van der Waals surface area contributed by atoms with Crippen LogP contribution in [0.2, 0.25) is 0 Å². The van der Waals surface area contributed by atoms with E-state index in [1.54, 1.807) is 7.11 Å². The van der Waals surface area contributed by atoms with Gasteiger partial charge in [-0.15, -0.1) is 11.8 Å². The first-order chi connectivity index (χ1) is 9.17. The van der Waals surface area contributed by atoms with Gasteiger partial charge in [0.25, 0.3) is 0 Å². The zero-order valence-electron chi connectivity index (χ0n) is 11.7. The van der Waals surface area contributed by atoms with Crippen LogP contribution in [0.1, 0.15) is 11.1 Å². The van der Waals surface area contributed by atoms with Gasteiger partial charge in [0, 0.05) is 25.1 Å². The molecule has 5 heteroatoms. The number of nitrogens with one attached hydrogen (secondary N) is 1. The maximum absolute atomic E-state index is 11.1. The number of carbonyl (C=O) groups is 1. The maximum atomic E-state index is 11.1. The predicted octanol–water partition coefficient (Wildman–Crippen LogP) is 2.00. The number of benzene rings is 1. The smallest absolute Gasteiger partial charge is 0.315 e. The third kappa shape index (κ3) is 6.09. The Bertz CT molecular complexity index is 410. The van der Waals surface area contributed by atoms with Crippen molar-refractivity contribution in [2.75, 3.05) is 33.1 Å². The van der Waals surface area contributed by atoms with Crippen molar-refractivity contribution in [3.05, 3.63) is 29.3 Å². The topological polar surface area (TPSA) is 47.6 Å². The quantitative estimate of drug-likeness (QED) is 0.449. The van der Waals surface area contributed by atoms with E-state index in [9.17, 15) is 4.79 Å². The Kier molecular flexibility index (Phi) is 7.55. The van der Waals surface area contributed by atoms with Gasteiger partial charge in [0.2, 0.25) is 0 Å². The molecule has 0 saturated carbocycles.